The summed E-state index contributed by atoms with van der Waals surface area (Å²) in [6.45, 7) is 0.396. The molecule has 4 nitrogen and oxygen atoms in total. The molecule has 0 saturated heterocycles. The van der Waals surface area contributed by atoms with Gasteiger partial charge in [0.1, 0.15) is 24.2 Å². The zero-order chi connectivity index (χ0) is 10.4. The molecule has 0 amide bonds. The van der Waals surface area contributed by atoms with E-state index in [9.17, 15) is 0 Å². The van der Waals surface area contributed by atoms with Gasteiger partial charge in [-0.1, -0.05) is 6.07 Å². The Balaban J connectivity index is 0.00000196. The van der Waals surface area contributed by atoms with E-state index in [0.29, 0.717) is 5.75 Å². The van der Waals surface area contributed by atoms with Crippen molar-refractivity contribution in [2.45, 2.75) is 6.10 Å². The Kier molecular flexibility index (Phi) is 6.86. The van der Waals surface area contributed by atoms with E-state index < -0.39 is 6.10 Å². The molecule has 3 N–H and O–H groups in total. The first-order valence-electron chi connectivity index (χ1n) is 4.41. The van der Waals surface area contributed by atoms with Crippen LogP contribution in [-0.4, -0.2) is 31.5 Å². The number of hydrogen-bond donors (Lipinski definition) is 2. The van der Waals surface area contributed by atoms with Crippen LogP contribution in [0.4, 0.5) is 0 Å². The minimum Gasteiger partial charge on any atom is -0.497 e. The highest BCUT2D eigenvalue weighted by molar-refractivity contribution is 5.85. The van der Waals surface area contributed by atoms with E-state index in [0.717, 1.165) is 5.75 Å². The molecule has 0 aliphatic heterocycles. The highest BCUT2D eigenvalue weighted by Gasteiger charge is 2.02. The predicted molar refractivity (Wildman–Crippen MR) is 60.8 cm³/mol. The Morgan fingerprint density at radius 3 is 2.67 bits per heavy atom. The van der Waals surface area contributed by atoms with Gasteiger partial charge in [0.15, 0.2) is 0 Å². The van der Waals surface area contributed by atoms with Crippen LogP contribution < -0.4 is 15.2 Å². The van der Waals surface area contributed by atoms with Gasteiger partial charge in [0.05, 0.1) is 7.11 Å². The maximum absolute atomic E-state index is 9.16. The summed E-state index contributed by atoms with van der Waals surface area (Å²) in [5.41, 5.74) is 5.24. The molecule has 0 saturated carbocycles. The lowest BCUT2D eigenvalue weighted by Crippen LogP contribution is -2.26. The van der Waals surface area contributed by atoms with Gasteiger partial charge < -0.3 is 20.3 Å². The Hall–Kier alpha value is -0.970. The van der Waals surface area contributed by atoms with Crippen molar-refractivity contribution in [3.63, 3.8) is 0 Å². The normalized spacial score (nSPS) is 11.4. The van der Waals surface area contributed by atoms with Crippen molar-refractivity contribution < 1.29 is 14.6 Å². The number of rotatable bonds is 5. The summed E-state index contributed by atoms with van der Waals surface area (Å²) in [7, 11) is 1.59. The van der Waals surface area contributed by atoms with Crippen LogP contribution in [0.5, 0.6) is 11.5 Å². The van der Waals surface area contributed by atoms with Crippen LogP contribution in [0.15, 0.2) is 24.3 Å². The van der Waals surface area contributed by atoms with Crippen molar-refractivity contribution in [2.24, 2.45) is 5.73 Å². The molecule has 1 unspecified atom stereocenters. The van der Waals surface area contributed by atoms with Gasteiger partial charge in [-0.3, -0.25) is 0 Å². The molecule has 0 aromatic heterocycles. The molecule has 1 rings (SSSR count). The second kappa shape index (κ2) is 7.34. The molecule has 0 heterocycles. The molecule has 1 atom stereocenters. The van der Waals surface area contributed by atoms with E-state index in [-0.39, 0.29) is 25.6 Å². The molecule has 0 bridgehead atoms. The topological polar surface area (TPSA) is 64.7 Å². The Morgan fingerprint density at radius 2 is 2.07 bits per heavy atom. The summed E-state index contributed by atoms with van der Waals surface area (Å²) in [6, 6.07) is 7.20. The van der Waals surface area contributed by atoms with E-state index in [2.05, 4.69) is 0 Å². The molecule has 1 aromatic carbocycles. The van der Waals surface area contributed by atoms with Crippen LogP contribution in [0.25, 0.3) is 0 Å². The van der Waals surface area contributed by atoms with Gasteiger partial charge in [0.25, 0.3) is 0 Å². The summed E-state index contributed by atoms with van der Waals surface area (Å²) in [5, 5.41) is 9.16. The molecular formula is C10H16ClNO3. The predicted octanol–water partition coefficient (Wildman–Crippen LogP) is 0.815. The second-order valence-electron chi connectivity index (χ2n) is 2.88. The zero-order valence-corrected chi connectivity index (χ0v) is 9.37. The number of benzene rings is 1. The first kappa shape index (κ1) is 14.0. The lowest BCUT2D eigenvalue weighted by molar-refractivity contribution is 0.114. The third-order valence-corrected chi connectivity index (χ3v) is 1.76. The van der Waals surface area contributed by atoms with Gasteiger partial charge in [0, 0.05) is 12.6 Å². The number of aliphatic hydroxyl groups is 1. The number of hydrogen-bond acceptors (Lipinski definition) is 4. The second-order valence-corrected chi connectivity index (χ2v) is 2.88. The van der Waals surface area contributed by atoms with Gasteiger partial charge in [-0.05, 0) is 12.1 Å². The molecule has 0 radical (unpaired) electrons. The van der Waals surface area contributed by atoms with Gasteiger partial charge >= 0.3 is 0 Å². The van der Waals surface area contributed by atoms with E-state index in [1.54, 1.807) is 19.2 Å². The molecule has 0 aliphatic carbocycles. The quantitative estimate of drug-likeness (QED) is 0.790. The summed E-state index contributed by atoms with van der Waals surface area (Å²) in [4.78, 5) is 0. The third-order valence-electron chi connectivity index (χ3n) is 1.76. The van der Waals surface area contributed by atoms with Gasteiger partial charge in [-0.25, -0.2) is 0 Å². The van der Waals surface area contributed by atoms with Gasteiger partial charge in [-0.15, -0.1) is 12.4 Å². The summed E-state index contributed by atoms with van der Waals surface area (Å²) < 4.78 is 10.3. The Bertz CT molecular complexity index is 283. The molecule has 86 valence electrons. The maximum atomic E-state index is 9.16. The van der Waals surface area contributed by atoms with Crippen LogP contribution in [0.1, 0.15) is 0 Å². The van der Waals surface area contributed by atoms with Gasteiger partial charge in [0.2, 0.25) is 0 Å². The minimum atomic E-state index is -0.624. The fraction of sp³-hybridized carbons (Fsp3) is 0.400. The zero-order valence-electron chi connectivity index (χ0n) is 8.55. The summed E-state index contributed by atoms with van der Waals surface area (Å²) in [5.74, 6) is 1.39. The standard InChI is InChI=1S/C10H15NO3.ClH/c1-13-9-3-2-4-10(5-9)14-7-8(12)6-11;/h2-5,8,12H,6-7,11H2,1H3;1H. The van der Waals surface area contributed by atoms with Gasteiger partial charge in [-0.2, -0.15) is 0 Å². The van der Waals surface area contributed by atoms with E-state index in [1.165, 1.54) is 0 Å². The fourth-order valence-electron chi connectivity index (χ4n) is 0.951. The molecule has 0 spiro atoms. The number of ether oxygens (including phenoxy) is 2. The Morgan fingerprint density at radius 1 is 1.40 bits per heavy atom. The molecule has 5 heteroatoms. The smallest absolute Gasteiger partial charge is 0.123 e. The first-order chi connectivity index (χ1) is 6.76. The van der Waals surface area contributed by atoms with Crippen LogP contribution >= 0.6 is 12.4 Å². The van der Waals surface area contributed by atoms with Crippen LogP contribution in [0, 0.1) is 0 Å². The Labute approximate surface area is 95.4 Å². The van der Waals surface area contributed by atoms with Crippen molar-refractivity contribution in [1.82, 2.24) is 0 Å². The average Bonchev–Trinajstić information content (AvgIpc) is 2.26. The summed E-state index contributed by atoms with van der Waals surface area (Å²) in [6.07, 6.45) is -0.624. The maximum Gasteiger partial charge on any atom is 0.123 e. The molecule has 15 heavy (non-hydrogen) atoms. The van der Waals surface area contributed by atoms with E-state index in [1.807, 2.05) is 12.1 Å². The average molecular weight is 234 g/mol. The number of halogens is 1. The number of nitrogens with two attached hydrogens (primary N) is 1. The minimum absolute atomic E-state index is 0. The molecular weight excluding hydrogens is 218 g/mol. The lowest BCUT2D eigenvalue weighted by atomic mass is 10.3. The van der Waals surface area contributed by atoms with Crippen LogP contribution in [0.3, 0.4) is 0 Å². The van der Waals surface area contributed by atoms with E-state index >= 15 is 0 Å². The van der Waals surface area contributed by atoms with Crippen molar-refractivity contribution in [2.75, 3.05) is 20.3 Å². The van der Waals surface area contributed by atoms with Crippen LogP contribution in [-0.2, 0) is 0 Å². The fourth-order valence-corrected chi connectivity index (χ4v) is 0.951. The van der Waals surface area contributed by atoms with Crippen molar-refractivity contribution in [3.05, 3.63) is 24.3 Å². The molecule has 0 fully saturated rings. The number of methoxy groups -OCH3 is 1. The molecule has 0 aliphatic rings. The SMILES string of the molecule is COc1cccc(OCC(O)CN)c1.Cl. The largest absolute Gasteiger partial charge is 0.497 e. The molecule has 1 aromatic rings. The van der Waals surface area contributed by atoms with Crippen LogP contribution in [0.2, 0.25) is 0 Å². The lowest BCUT2D eigenvalue weighted by Gasteiger charge is -2.10. The highest BCUT2D eigenvalue weighted by Crippen LogP contribution is 2.18. The third kappa shape index (κ3) is 4.88. The van der Waals surface area contributed by atoms with Crippen molar-refractivity contribution in [3.8, 4) is 11.5 Å². The van der Waals surface area contributed by atoms with Crippen molar-refractivity contribution in [1.29, 1.82) is 0 Å². The monoisotopic (exact) mass is 233 g/mol. The first-order valence-corrected chi connectivity index (χ1v) is 4.41. The number of aliphatic hydroxyl groups excluding tert-OH is 1. The summed E-state index contributed by atoms with van der Waals surface area (Å²) >= 11 is 0. The van der Waals surface area contributed by atoms with Crippen molar-refractivity contribution >= 4 is 12.4 Å². The highest BCUT2D eigenvalue weighted by atomic mass is 35.5. The van der Waals surface area contributed by atoms with E-state index in [4.69, 9.17) is 20.3 Å².